The van der Waals surface area contributed by atoms with Crippen molar-refractivity contribution in [1.29, 1.82) is 0 Å². The molecule has 2 atom stereocenters. The Morgan fingerprint density at radius 2 is 1.76 bits per heavy atom. The molecule has 0 aromatic heterocycles. The minimum absolute atomic E-state index is 0.324. The van der Waals surface area contributed by atoms with Crippen LogP contribution in [-0.2, 0) is 0 Å². The quantitative estimate of drug-likeness (QED) is 0.865. The van der Waals surface area contributed by atoms with E-state index < -0.39 is 0 Å². The minimum Gasteiger partial charge on any atom is -0.329 e. The summed E-state index contributed by atoms with van der Waals surface area (Å²) < 4.78 is 0. The van der Waals surface area contributed by atoms with Crippen LogP contribution >= 0.6 is 0 Å². The number of rotatable bonds is 4. The number of likely N-dealkylation sites (tertiary alicyclic amines) is 2. The van der Waals surface area contributed by atoms with E-state index >= 15 is 0 Å². The maximum Gasteiger partial charge on any atom is 0.0359 e. The van der Waals surface area contributed by atoms with Gasteiger partial charge in [-0.2, -0.15) is 0 Å². The molecule has 0 spiro atoms. The second-order valence-electron chi connectivity index (χ2n) is 8.22. The van der Waals surface area contributed by atoms with Crippen LogP contribution in [0, 0.1) is 11.8 Å². The highest BCUT2D eigenvalue weighted by Gasteiger charge is 2.47. The van der Waals surface area contributed by atoms with Gasteiger partial charge in [-0.1, -0.05) is 26.7 Å². The number of fused-ring (bicyclic) bond motifs is 1. The molecule has 3 nitrogen and oxygen atoms in total. The molecule has 1 aliphatic carbocycles. The Bertz CT molecular complexity index is 333. The zero-order valence-electron chi connectivity index (χ0n) is 14.2. The molecule has 21 heavy (non-hydrogen) atoms. The molecule has 2 N–H and O–H groups in total. The van der Waals surface area contributed by atoms with E-state index in [1.807, 2.05) is 0 Å². The van der Waals surface area contributed by atoms with Crippen molar-refractivity contribution < 1.29 is 0 Å². The molecule has 3 rings (SSSR count). The summed E-state index contributed by atoms with van der Waals surface area (Å²) in [6, 6.07) is 0.860. The second-order valence-corrected chi connectivity index (χ2v) is 8.22. The van der Waals surface area contributed by atoms with Crippen LogP contribution in [0.25, 0.3) is 0 Å². The Hall–Kier alpha value is -0.120. The molecule has 2 unspecified atom stereocenters. The molecule has 3 heteroatoms. The fraction of sp³-hybridized carbons (Fsp3) is 1.00. The van der Waals surface area contributed by atoms with Gasteiger partial charge in [-0.15, -0.1) is 0 Å². The molecule has 0 aromatic carbocycles. The van der Waals surface area contributed by atoms with Gasteiger partial charge in [0.25, 0.3) is 0 Å². The van der Waals surface area contributed by atoms with Gasteiger partial charge in [-0.05, 0) is 63.6 Å². The van der Waals surface area contributed by atoms with Crippen molar-refractivity contribution in [3.63, 3.8) is 0 Å². The SMILES string of the molecule is CC(C)CN1CCC(CN)(N2CCC3CCCCC32)CC1. The molecule has 2 heterocycles. The normalized spacial score (nSPS) is 34.3. The highest BCUT2D eigenvalue weighted by Crippen LogP contribution is 2.42. The van der Waals surface area contributed by atoms with Crippen LogP contribution in [0.5, 0.6) is 0 Å². The number of hydrogen-bond donors (Lipinski definition) is 1. The summed E-state index contributed by atoms with van der Waals surface area (Å²) in [4.78, 5) is 5.54. The summed E-state index contributed by atoms with van der Waals surface area (Å²) in [7, 11) is 0. The molecule has 3 fully saturated rings. The van der Waals surface area contributed by atoms with E-state index in [0.717, 1.165) is 24.4 Å². The summed E-state index contributed by atoms with van der Waals surface area (Å²) in [5, 5.41) is 0. The first-order valence-electron chi connectivity index (χ1n) is 9.34. The van der Waals surface area contributed by atoms with Gasteiger partial charge in [0.2, 0.25) is 0 Å². The van der Waals surface area contributed by atoms with Gasteiger partial charge >= 0.3 is 0 Å². The Labute approximate surface area is 131 Å². The molecule has 0 radical (unpaired) electrons. The van der Waals surface area contributed by atoms with Crippen LogP contribution in [0.1, 0.15) is 58.8 Å². The standard InChI is InChI=1S/C18H35N3/c1-15(2)13-20-11-8-18(14-19,9-12-20)21-10-7-16-5-3-4-6-17(16)21/h15-17H,3-14,19H2,1-2H3. The molecule has 0 bridgehead atoms. The van der Waals surface area contributed by atoms with Crippen LogP contribution in [0.2, 0.25) is 0 Å². The third kappa shape index (κ3) is 3.16. The molecule has 2 aliphatic heterocycles. The molecule has 1 saturated carbocycles. The number of hydrogen-bond acceptors (Lipinski definition) is 3. The first-order valence-corrected chi connectivity index (χ1v) is 9.34. The van der Waals surface area contributed by atoms with E-state index in [2.05, 4.69) is 23.6 Å². The molecule has 0 aromatic rings. The van der Waals surface area contributed by atoms with Gasteiger partial charge in [-0.25, -0.2) is 0 Å². The lowest BCUT2D eigenvalue weighted by molar-refractivity contribution is 0.00141. The van der Waals surface area contributed by atoms with Crippen molar-refractivity contribution in [2.75, 3.05) is 32.7 Å². The lowest BCUT2D eigenvalue weighted by Crippen LogP contribution is -2.61. The predicted octanol–water partition coefficient (Wildman–Crippen LogP) is 2.70. The topological polar surface area (TPSA) is 32.5 Å². The van der Waals surface area contributed by atoms with Crippen LogP contribution in [-0.4, -0.2) is 54.1 Å². The third-order valence-electron chi connectivity index (χ3n) is 6.41. The lowest BCUT2D eigenvalue weighted by atomic mass is 9.80. The summed E-state index contributed by atoms with van der Waals surface area (Å²) in [5.74, 6) is 1.76. The van der Waals surface area contributed by atoms with E-state index in [-0.39, 0.29) is 0 Å². The molecule has 2 saturated heterocycles. The van der Waals surface area contributed by atoms with E-state index in [0.29, 0.717) is 5.54 Å². The van der Waals surface area contributed by atoms with Crippen LogP contribution in [0.3, 0.4) is 0 Å². The van der Waals surface area contributed by atoms with Crippen LogP contribution in [0.15, 0.2) is 0 Å². The van der Waals surface area contributed by atoms with Crippen molar-refractivity contribution in [2.24, 2.45) is 17.6 Å². The van der Waals surface area contributed by atoms with Crippen LogP contribution < -0.4 is 5.73 Å². The monoisotopic (exact) mass is 293 g/mol. The van der Waals surface area contributed by atoms with E-state index in [1.165, 1.54) is 71.1 Å². The van der Waals surface area contributed by atoms with E-state index in [9.17, 15) is 0 Å². The highest BCUT2D eigenvalue weighted by molar-refractivity contribution is 5.03. The first kappa shape index (κ1) is 15.8. The predicted molar refractivity (Wildman–Crippen MR) is 89.4 cm³/mol. The number of piperidine rings is 1. The average Bonchev–Trinajstić information content (AvgIpc) is 2.92. The van der Waals surface area contributed by atoms with Crippen molar-refractivity contribution in [2.45, 2.75) is 70.4 Å². The van der Waals surface area contributed by atoms with Crippen molar-refractivity contribution >= 4 is 0 Å². The fourth-order valence-electron chi connectivity index (χ4n) is 5.27. The number of nitrogens with two attached hydrogens (primary N) is 1. The summed E-state index contributed by atoms with van der Waals surface area (Å²) in [6.45, 7) is 10.6. The van der Waals surface area contributed by atoms with Crippen molar-refractivity contribution in [1.82, 2.24) is 9.80 Å². The van der Waals surface area contributed by atoms with Crippen molar-refractivity contribution in [3.8, 4) is 0 Å². The maximum absolute atomic E-state index is 6.33. The highest BCUT2D eigenvalue weighted by atomic mass is 15.3. The Kier molecular flexibility index (Phi) is 4.92. The van der Waals surface area contributed by atoms with Crippen LogP contribution in [0.4, 0.5) is 0 Å². The Balaban J connectivity index is 1.65. The van der Waals surface area contributed by atoms with Gasteiger partial charge < -0.3 is 10.6 Å². The molecule has 3 aliphatic rings. The zero-order valence-corrected chi connectivity index (χ0v) is 14.2. The van der Waals surface area contributed by atoms with Gasteiger partial charge in [-0.3, -0.25) is 4.90 Å². The molecular formula is C18H35N3. The minimum atomic E-state index is 0.324. The fourth-order valence-corrected chi connectivity index (χ4v) is 5.27. The smallest absolute Gasteiger partial charge is 0.0359 e. The maximum atomic E-state index is 6.33. The molecular weight excluding hydrogens is 258 g/mol. The lowest BCUT2D eigenvalue weighted by Gasteiger charge is -2.50. The molecule has 0 amide bonds. The first-order chi connectivity index (χ1) is 10.1. The summed E-state index contributed by atoms with van der Waals surface area (Å²) >= 11 is 0. The summed E-state index contributed by atoms with van der Waals surface area (Å²) in [5.41, 5.74) is 6.65. The van der Waals surface area contributed by atoms with Gasteiger partial charge in [0.15, 0.2) is 0 Å². The van der Waals surface area contributed by atoms with E-state index in [4.69, 9.17) is 5.73 Å². The zero-order chi connectivity index (χ0) is 14.9. The van der Waals surface area contributed by atoms with E-state index in [1.54, 1.807) is 0 Å². The average molecular weight is 293 g/mol. The summed E-state index contributed by atoms with van der Waals surface area (Å²) in [6.07, 6.45) is 9.83. The van der Waals surface area contributed by atoms with Gasteiger partial charge in [0.05, 0.1) is 0 Å². The van der Waals surface area contributed by atoms with Gasteiger partial charge in [0.1, 0.15) is 0 Å². The van der Waals surface area contributed by atoms with Gasteiger partial charge in [0, 0.05) is 24.7 Å². The Morgan fingerprint density at radius 3 is 2.43 bits per heavy atom. The van der Waals surface area contributed by atoms with Crippen molar-refractivity contribution in [3.05, 3.63) is 0 Å². The second kappa shape index (κ2) is 6.55. The number of nitrogens with zero attached hydrogens (tertiary/aromatic N) is 2. The Morgan fingerprint density at radius 1 is 1.05 bits per heavy atom. The molecule has 122 valence electrons. The largest absolute Gasteiger partial charge is 0.329 e. The third-order valence-corrected chi connectivity index (χ3v) is 6.41.